The molecule has 0 saturated carbocycles. The van der Waals surface area contributed by atoms with Crippen molar-refractivity contribution < 1.29 is 5.11 Å². The Balaban J connectivity index is 2.25. The lowest BCUT2D eigenvalue weighted by atomic mass is 10.0. The van der Waals surface area contributed by atoms with Crippen molar-refractivity contribution in [2.24, 2.45) is 7.05 Å². The first-order valence-electron chi connectivity index (χ1n) is 5.71. The van der Waals surface area contributed by atoms with Crippen LogP contribution in [0.3, 0.4) is 0 Å². The second-order valence-electron chi connectivity index (χ2n) is 4.36. The standard InChI is InChI=1S/C13H13Cl3N2O/c1-7-13(16)11(18(2)17-7)6-12(19)8-3-4-9(14)10(15)5-8/h3-5,12,19H,6H2,1-2H3. The highest BCUT2D eigenvalue weighted by Crippen LogP contribution is 2.29. The number of hydrogen-bond acceptors (Lipinski definition) is 2. The lowest BCUT2D eigenvalue weighted by Crippen LogP contribution is -2.07. The minimum Gasteiger partial charge on any atom is -0.388 e. The molecule has 1 heterocycles. The highest BCUT2D eigenvalue weighted by molar-refractivity contribution is 6.42. The third-order valence-electron chi connectivity index (χ3n) is 2.98. The normalized spacial score (nSPS) is 12.7. The molecule has 102 valence electrons. The van der Waals surface area contributed by atoms with Gasteiger partial charge >= 0.3 is 0 Å². The molecule has 1 N–H and O–H groups in total. The summed E-state index contributed by atoms with van der Waals surface area (Å²) in [7, 11) is 1.80. The number of halogens is 3. The summed E-state index contributed by atoms with van der Waals surface area (Å²) < 4.78 is 1.68. The Morgan fingerprint density at radius 3 is 2.47 bits per heavy atom. The molecule has 1 aromatic carbocycles. The Labute approximate surface area is 126 Å². The van der Waals surface area contributed by atoms with Crippen molar-refractivity contribution in [2.75, 3.05) is 0 Å². The molecule has 0 aliphatic heterocycles. The molecule has 0 spiro atoms. The van der Waals surface area contributed by atoms with E-state index < -0.39 is 6.10 Å². The molecule has 0 amide bonds. The summed E-state index contributed by atoms with van der Waals surface area (Å²) in [5.74, 6) is 0. The quantitative estimate of drug-likeness (QED) is 0.929. The van der Waals surface area contributed by atoms with Crippen LogP contribution in [0.5, 0.6) is 0 Å². The van der Waals surface area contributed by atoms with E-state index >= 15 is 0 Å². The number of hydrogen-bond donors (Lipinski definition) is 1. The Morgan fingerprint density at radius 2 is 1.95 bits per heavy atom. The maximum Gasteiger partial charge on any atom is 0.0848 e. The third-order valence-corrected chi connectivity index (χ3v) is 4.21. The van der Waals surface area contributed by atoms with Crippen molar-refractivity contribution in [2.45, 2.75) is 19.4 Å². The molecule has 0 aliphatic rings. The largest absolute Gasteiger partial charge is 0.388 e. The van der Waals surface area contributed by atoms with Crippen LogP contribution in [0.4, 0.5) is 0 Å². The van der Waals surface area contributed by atoms with Gasteiger partial charge in [0.05, 0.1) is 32.6 Å². The molecule has 1 aromatic heterocycles. The molecule has 0 radical (unpaired) electrons. The molecule has 19 heavy (non-hydrogen) atoms. The fourth-order valence-corrected chi connectivity index (χ4v) is 2.47. The van der Waals surface area contributed by atoms with E-state index in [2.05, 4.69) is 5.10 Å². The first kappa shape index (κ1) is 14.7. The van der Waals surface area contributed by atoms with E-state index in [1.54, 1.807) is 29.9 Å². The molecule has 0 saturated heterocycles. The minimum absolute atomic E-state index is 0.369. The van der Waals surface area contributed by atoms with Crippen LogP contribution in [-0.2, 0) is 13.5 Å². The van der Waals surface area contributed by atoms with E-state index in [1.807, 2.05) is 6.92 Å². The Kier molecular flexibility index (Phi) is 4.41. The van der Waals surface area contributed by atoms with Crippen LogP contribution in [0.2, 0.25) is 15.1 Å². The summed E-state index contributed by atoms with van der Waals surface area (Å²) in [6.45, 7) is 1.83. The third kappa shape index (κ3) is 3.06. The van der Waals surface area contributed by atoms with Gasteiger partial charge in [-0.05, 0) is 24.6 Å². The zero-order chi connectivity index (χ0) is 14.2. The number of nitrogens with zero attached hydrogens (tertiary/aromatic N) is 2. The average molecular weight is 320 g/mol. The van der Waals surface area contributed by atoms with Crippen LogP contribution in [0.15, 0.2) is 18.2 Å². The Bertz CT molecular complexity index is 610. The first-order chi connectivity index (χ1) is 8.90. The Morgan fingerprint density at radius 1 is 1.26 bits per heavy atom. The van der Waals surface area contributed by atoms with Crippen LogP contribution in [-0.4, -0.2) is 14.9 Å². The number of aliphatic hydroxyl groups excluding tert-OH is 1. The SMILES string of the molecule is Cc1nn(C)c(CC(O)c2ccc(Cl)c(Cl)c2)c1Cl. The number of aryl methyl sites for hydroxylation is 2. The highest BCUT2D eigenvalue weighted by atomic mass is 35.5. The van der Waals surface area contributed by atoms with Gasteiger partial charge in [0, 0.05) is 13.5 Å². The molecule has 0 bridgehead atoms. The van der Waals surface area contributed by atoms with Crippen molar-refractivity contribution in [1.82, 2.24) is 9.78 Å². The van der Waals surface area contributed by atoms with E-state index in [0.29, 0.717) is 27.1 Å². The van der Waals surface area contributed by atoms with E-state index in [1.165, 1.54) is 0 Å². The topological polar surface area (TPSA) is 38.0 Å². The molecule has 2 aromatic rings. The molecule has 1 unspecified atom stereocenters. The lowest BCUT2D eigenvalue weighted by molar-refractivity contribution is 0.176. The van der Waals surface area contributed by atoms with Crippen LogP contribution in [0, 0.1) is 6.92 Å². The van der Waals surface area contributed by atoms with Crippen molar-refractivity contribution in [3.63, 3.8) is 0 Å². The molecular formula is C13H13Cl3N2O. The van der Waals surface area contributed by atoms with Gasteiger partial charge in [-0.25, -0.2) is 0 Å². The second-order valence-corrected chi connectivity index (χ2v) is 5.56. The van der Waals surface area contributed by atoms with E-state index in [9.17, 15) is 5.11 Å². The van der Waals surface area contributed by atoms with E-state index in [-0.39, 0.29) is 0 Å². The van der Waals surface area contributed by atoms with Gasteiger partial charge in [-0.3, -0.25) is 4.68 Å². The summed E-state index contributed by atoms with van der Waals surface area (Å²) in [5, 5.41) is 15.9. The fraction of sp³-hybridized carbons (Fsp3) is 0.308. The van der Waals surface area contributed by atoms with Gasteiger partial charge in [-0.2, -0.15) is 5.10 Å². The summed E-state index contributed by atoms with van der Waals surface area (Å²) >= 11 is 18.0. The highest BCUT2D eigenvalue weighted by Gasteiger charge is 2.17. The van der Waals surface area contributed by atoms with Gasteiger partial charge in [0.25, 0.3) is 0 Å². The van der Waals surface area contributed by atoms with Gasteiger partial charge in [0.1, 0.15) is 0 Å². The van der Waals surface area contributed by atoms with E-state index in [0.717, 1.165) is 11.4 Å². The number of aromatic nitrogens is 2. The monoisotopic (exact) mass is 318 g/mol. The predicted molar refractivity (Wildman–Crippen MR) is 78.1 cm³/mol. The van der Waals surface area contributed by atoms with Gasteiger partial charge in [0.15, 0.2) is 0 Å². The van der Waals surface area contributed by atoms with E-state index in [4.69, 9.17) is 34.8 Å². The van der Waals surface area contributed by atoms with Crippen molar-refractivity contribution in [3.8, 4) is 0 Å². The van der Waals surface area contributed by atoms with Crippen molar-refractivity contribution >= 4 is 34.8 Å². The van der Waals surface area contributed by atoms with Crippen molar-refractivity contribution in [3.05, 3.63) is 50.2 Å². The predicted octanol–water partition coefficient (Wildman–Crippen LogP) is 3.96. The Hall–Kier alpha value is -0.740. The van der Waals surface area contributed by atoms with Gasteiger partial charge in [0.2, 0.25) is 0 Å². The molecule has 2 rings (SSSR count). The molecule has 3 nitrogen and oxygen atoms in total. The first-order valence-corrected chi connectivity index (χ1v) is 6.84. The summed E-state index contributed by atoms with van der Waals surface area (Å²) in [4.78, 5) is 0. The van der Waals surface area contributed by atoms with Crippen LogP contribution in [0.1, 0.15) is 23.1 Å². The molecule has 0 fully saturated rings. The molecular weight excluding hydrogens is 307 g/mol. The van der Waals surface area contributed by atoms with Crippen LogP contribution in [0.25, 0.3) is 0 Å². The minimum atomic E-state index is -0.706. The van der Waals surface area contributed by atoms with Crippen LogP contribution >= 0.6 is 34.8 Å². The maximum atomic E-state index is 10.2. The van der Waals surface area contributed by atoms with Crippen molar-refractivity contribution in [1.29, 1.82) is 0 Å². The van der Waals surface area contributed by atoms with Gasteiger partial charge in [-0.15, -0.1) is 0 Å². The zero-order valence-electron chi connectivity index (χ0n) is 10.5. The van der Waals surface area contributed by atoms with Gasteiger partial charge < -0.3 is 5.11 Å². The zero-order valence-corrected chi connectivity index (χ0v) is 12.8. The van der Waals surface area contributed by atoms with Gasteiger partial charge in [-0.1, -0.05) is 40.9 Å². The second kappa shape index (κ2) is 5.71. The van der Waals surface area contributed by atoms with Crippen LogP contribution < -0.4 is 0 Å². The summed E-state index contributed by atoms with van der Waals surface area (Å²) in [6, 6.07) is 5.07. The smallest absolute Gasteiger partial charge is 0.0848 e. The average Bonchev–Trinajstić information content (AvgIpc) is 2.59. The molecule has 0 aliphatic carbocycles. The summed E-state index contributed by atoms with van der Waals surface area (Å²) in [6.07, 6.45) is -0.337. The molecule has 6 heteroatoms. The summed E-state index contributed by atoms with van der Waals surface area (Å²) in [5.41, 5.74) is 2.24. The lowest BCUT2D eigenvalue weighted by Gasteiger charge is -2.12. The fourth-order valence-electron chi connectivity index (χ4n) is 1.92. The number of aliphatic hydroxyl groups is 1. The molecule has 1 atom stereocenters. The number of rotatable bonds is 3. The number of benzene rings is 1. The maximum absolute atomic E-state index is 10.2.